The van der Waals surface area contributed by atoms with Crippen molar-refractivity contribution in [1.29, 1.82) is 0 Å². The molecule has 4 aliphatic rings. The van der Waals surface area contributed by atoms with Crippen LogP contribution in [0.1, 0.15) is 37.7 Å². The van der Waals surface area contributed by atoms with Crippen molar-refractivity contribution in [1.82, 2.24) is 4.90 Å². The fourth-order valence-electron chi connectivity index (χ4n) is 6.00. The maximum absolute atomic E-state index is 13.7. The first-order valence-corrected chi connectivity index (χ1v) is 12.1. The minimum Gasteiger partial charge on any atom is -0.326 e. The first kappa shape index (κ1) is 19.4. The molecule has 5 rings (SSSR count). The van der Waals surface area contributed by atoms with Gasteiger partial charge >= 0.3 is 0 Å². The van der Waals surface area contributed by atoms with Crippen LogP contribution >= 0.6 is 23.4 Å². The van der Waals surface area contributed by atoms with Gasteiger partial charge in [0.15, 0.2) is 0 Å². The number of nitrogens with two attached hydrogens (primary N) is 1. The predicted molar refractivity (Wildman–Crippen MR) is 112 cm³/mol. The number of carbonyl (C=O) groups is 3. The van der Waals surface area contributed by atoms with Crippen LogP contribution in [-0.4, -0.2) is 46.7 Å². The molecule has 0 aromatic heterocycles. The lowest BCUT2D eigenvalue weighted by Gasteiger charge is -2.28. The SMILES string of the molecule is CSCC[C@@H]1[NH2+][C@]2(C(=O)Nc3ccc(Cl)cc32)[C@H]2C(=O)N(C3CCCC3)C(=O)[C@H]12. The molecule has 1 aromatic carbocycles. The highest BCUT2D eigenvalue weighted by Crippen LogP contribution is 2.51. The van der Waals surface area contributed by atoms with E-state index in [2.05, 4.69) is 5.32 Å². The van der Waals surface area contributed by atoms with E-state index < -0.39 is 17.4 Å². The molecule has 0 bridgehead atoms. The van der Waals surface area contributed by atoms with Crippen LogP contribution in [0.25, 0.3) is 0 Å². The summed E-state index contributed by atoms with van der Waals surface area (Å²) in [6, 6.07) is 5.21. The Morgan fingerprint density at radius 3 is 2.72 bits per heavy atom. The summed E-state index contributed by atoms with van der Waals surface area (Å²) in [6.45, 7) is 0. The van der Waals surface area contributed by atoms with Crippen molar-refractivity contribution in [3.63, 3.8) is 0 Å². The van der Waals surface area contributed by atoms with Gasteiger partial charge in [-0.1, -0.05) is 24.4 Å². The number of fused-ring (bicyclic) bond motifs is 4. The van der Waals surface area contributed by atoms with Crippen LogP contribution in [0.4, 0.5) is 5.69 Å². The molecule has 1 aromatic rings. The van der Waals surface area contributed by atoms with E-state index >= 15 is 0 Å². The standard InChI is InChI=1S/C21H24ClN3O3S/c1-29-9-8-15-16-17(19(27)25(18(16)26)12-4-2-3-5-12)21(24-15)13-10-11(22)6-7-14(13)23-20(21)28/h6-7,10,12,15-17,24H,2-5,8-9H2,1H3,(H,23,28)/p+1/t15-,16+,17+,21-/m0/s1. The summed E-state index contributed by atoms with van der Waals surface area (Å²) in [7, 11) is 0. The Balaban J connectivity index is 1.63. The van der Waals surface area contributed by atoms with E-state index in [-0.39, 0.29) is 29.8 Å². The first-order valence-electron chi connectivity index (χ1n) is 10.3. The second-order valence-electron chi connectivity index (χ2n) is 8.61. The quantitative estimate of drug-likeness (QED) is 0.707. The molecular formula is C21H25ClN3O3S+. The second kappa shape index (κ2) is 7.00. The van der Waals surface area contributed by atoms with Gasteiger partial charge in [-0.3, -0.25) is 19.3 Å². The zero-order chi connectivity index (χ0) is 20.3. The van der Waals surface area contributed by atoms with Crippen molar-refractivity contribution in [3.8, 4) is 0 Å². The first-order chi connectivity index (χ1) is 14.0. The van der Waals surface area contributed by atoms with Crippen LogP contribution in [0.5, 0.6) is 0 Å². The van der Waals surface area contributed by atoms with Crippen molar-refractivity contribution < 1.29 is 19.7 Å². The average molecular weight is 435 g/mol. The Morgan fingerprint density at radius 1 is 1.24 bits per heavy atom. The normalized spacial score (nSPS) is 33.7. The monoisotopic (exact) mass is 434 g/mol. The highest BCUT2D eigenvalue weighted by molar-refractivity contribution is 7.98. The van der Waals surface area contributed by atoms with Gasteiger partial charge in [-0.15, -0.1) is 0 Å². The summed E-state index contributed by atoms with van der Waals surface area (Å²) < 4.78 is 0. The molecule has 3 heterocycles. The van der Waals surface area contributed by atoms with Crippen molar-refractivity contribution in [2.45, 2.75) is 49.7 Å². The number of quaternary nitrogens is 1. The molecule has 3 fully saturated rings. The number of anilines is 1. The summed E-state index contributed by atoms with van der Waals surface area (Å²) in [5.74, 6) is -0.679. The number of benzene rings is 1. The molecule has 1 aliphatic carbocycles. The lowest BCUT2D eigenvalue weighted by atomic mass is 9.76. The molecule has 29 heavy (non-hydrogen) atoms. The maximum Gasteiger partial charge on any atom is 0.291 e. The van der Waals surface area contributed by atoms with E-state index in [1.54, 1.807) is 30.0 Å². The molecule has 3 amide bonds. The number of hydrogen-bond donors (Lipinski definition) is 2. The number of likely N-dealkylation sites (tertiary alicyclic amines) is 1. The van der Waals surface area contributed by atoms with E-state index in [0.29, 0.717) is 10.7 Å². The number of nitrogens with one attached hydrogen (secondary N) is 1. The summed E-state index contributed by atoms with van der Waals surface area (Å²) in [6.07, 6.45) is 6.65. The van der Waals surface area contributed by atoms with Crippen molar-refractivity contribution >= 4 is 46.8 Å². The number of hydrogen-bond acceptors (Lipinski definition) is 4. The van der Waals surface area contributed by atoms with Crippen molar-refractivity contribution in [2.24, 2.45) is 11.8 Å². The highest BCUT2D eigenvalue weighted by atomic mass is 35.5. The van der Waals surface area contributed by atoms with Gasteiger partial charge in [0.2, 0.25) is 17.4 Å². The molecular weight excluding hydrogens is 410 g/mol. The predicted octanol–water partition coefficient (Wildman–Crippen LogP) is 1.73. The summed E-state index contributed by atoms with van der Waals surface area (Å²) in [5.41, 5.74) is 0.333. The highest BCUT2D eigenvalue weighted by Gasteiger charge is 2.74. The third-order valence-corrected chi connectivity index (χ3v) is 8.09. The Kier molecular flexibility index (Phi) is 4.68. The van der Waals surface area contributed by atoms with Crippen LogP contribution in [0.2, 0.25) is 5.02 Å². The number of amides is 3. The van der Waals surface area contributed by atoms with Crippen LogP contribution in [0.15, 0.2) is 18.2 Å². The third kappa shape index (κ3) is 2.63. The summed E-state index contributed by atoms with van der Waals surface area (Å²) >= 11 is 7.99. The summed E-state index contributed by atoms with van der Waals surface area (Å²) in [5, 5.41) is 5.48. The molecule has 6 nitrogen and oxygen atoms in total. The van der Waals surface area contributed by atoms with Gasteiger partial charge in [0.25, 0.3) is 5.91 Å². The molecule has 1 saturated carbocycles. The van der Waals surface area contributed by atoms with Crippen LogP contribution in [0, 0.1) is 11.8 Å². The van der Waals surface area contributed by atoms with Gasteiger partial charge < -0.3 is 10.6 Å². The van der Waals surface area contributed by atoms with Crippen LogP contribution in [-0.2, 0) is 19.9 Å². The van der Waals surface area contributed by atoms with Crippen molar-refractivity contribution in [3.05, 3.63) is 28.8 Å². The van der Waals surface area contributed by atoms with Gasteiger partial charge in [-0.05, 0) is 43.0 Å². The second-order valence-corrected chi connectivity index (χ2v) is 10.0. The Hall–Kier alpha value is -1.57. The number of thioether (sulfide) groups is 1. The lowest BCUT2D eigenvalue weighted by molar-refractivity contribution is -0.733. The van der Waals surface area contributed by atoms with E-state index in [4.69, 9.17) is 11.6 Å². The molecule has 8 heteroatoms. The molecule has 3 aliphatic heterocycles. The number of halogens is 1. The molecule has 1 spiro atoms. The smallest absolute Gasteiger partial charge is 0.291 e. The number of carbonyl (C=O) groups excluding carboxylic acids is 3. The average Bonchev–Trinajstić information content (AvgIpc) is 3.43. The largest absolute Gasteiger partial charge is 0.326 e. The van der Waals surface area contributed by atoms with Gasteiger partial charge in [-0.25, -0.2) is 0 Å². The molecule has 4 atom stereocenters. The number of rotatable bonds is 4. The Labute approximate surface area is 179 Å². The van der Waals surface area contributed by atoms with E-state index in [9.17, 15) is 14.4 Å². The zero-order valence-corrected chi connectivity index (χ0v) is 17.9. The molecule has 0 unspecified atom stereocenters. The Morgan fingerprint density at radius 2 is 2.00 bits per heavy atom. The fourth-order valence-corrected chi connectivity index (χ4v) is 6.68. The molecule has 154 valence electrons. The maximum atomic E-state index is 13.7. The van der Waals surface area contributed by atoms with Gasteiger partial charge in [0.05, 0.1) is 5.69 Å². The van der Waals surface area contributed by atoms with Gasteiger partial charge in [0, 0.05) is 23.0 Å². The topological polar surface area (TPSA) is 83.1 Å². The summed E-state index contributed by atoms with van der Waals surface area (Å²) in [4.78, 5) is 42.0. The molecule has 0 radical (unpaired) electrons. The van der Waals surface area contributed by atoms with E-state index in [1.165, 1.54) is 4.90 Å². The number of nitrogens with zero attached hydrogens (tertiary/aromatic N) is 1. The van der Waals surface area contributed by atoms with Crippen LogP contribution < -0.4 is 10.6 Å². The molecule has 2 saturated heterocycles. The molecule has 3 N–H and O–H groups in total. The fraction of sp³-hybridized carbons (Fsp3) is 0.571. The minimum absolute atomic E-state index is 0.0119. The van der Waals surface area contributed by atoms with Crippen LogP contribution in [0.3, 0.4) is 0 Å². The minimum atomic E-state index is -1.10. The van der Waals surface area contributed by atoms with Gasteiger partial charge in [0.1, 0.15) is 17.9 Å². The zero-order valence-electron chi connectivity index (χ0n) is 16.3. The van der Waals surface area contributed by atoms with E-state index in [0.717, 1.165) is 43.4 Å². The van der Waals surface area contributed by atoms with E-state index in [1.807, 2.05) is 11.6 Å². The third-order valence-electron chi connectivity index (χ3n) is 7.21. The lowest BCUT2D eigenvalue weighted by Crippen LogP contribution is -2.99. The van der Waals surface area contributed by atoms with Gasteiger partial charge in [-0.2, -0.15) is 11.8 Å². The van der Waals surface area contributed by atoms with Crippen molar-refractivity contribution in [2.75, 3.05) is 17.3 Å². The Bertz CT molecular complexity index is 903. The number of imide groups is 1.